The highest BCUT2D eigenvalue weighted by atomic mass is 32.2. The first-order chi connectivity index (χ1) is 7.31. The molecule has 0 atom stereocenters. The van der Waals surface area contributed by atoms with Crippen LogP contribution in [0.25, 0.3) is 10.8 Å². The van der Waals surface area contributed by atoms with Gasteiger partial charge in [0.2, 0.25) is 0 Å². The molecule has 0 aromatic heterocycles. The second kappa shape index (κ2) is 2.98. The number of rotatable bonds is 1. The second-order valence-electron chi connectivity index (χ2n) is 3.41. The molecule has 0 radical (unpaired) electrons. The van der Waals surface area contributed by atoms with E-state index in [2.05, 4.69) is 5.32 Å². The fourth-order valence-electron chi connectivity index (χ4n) is 1.97. The topological polar surface area (TPSA) is 55.1 Å². The first-order valence-electron chi connectivity index (χ1n) is 4.55. The molecule has 3 nitrogen and oxygen atoms in total. The molecule has 0 aliphatic carbocycles. The molecule has 74 valence electrons. The zero-order valence-electron chi connectivity index (χ0n) is 7.78. The van der Waals surface area contributed by atoms with E-state index in [9.17, 15) is 4.79 Å². The minimum atomic E-state index is -0.0326. The van der Waals surface area contributed by atoms with Gasteiger partial charge in [0.05, 0.1) is 0 Å². The second-order valence-corrected chi connectivity index (χ2v) is 4.09. The summed E-state index contributed by atoms with van der Waals surface area (Å²) in [4.78, 5) is 12.6. The summed E-state index contributed by atoms with van der Waals surface area (Å²) < 4.78 is 0. The highest BCUT2D eigenvalue weighted by molar-refractivity contribution is 7.97. The molecule has 1 aliphatic heterocycles. The van der Waals surface area contributed by atoms with E-state index < -0.39 is 0 Å². The van der Waals surface area contributed by atoms with Gasteiger partial charge in [-0.3, -0.25) is 9.93 Å². The number of anilines is 1. The van der Waals surface area contributed by atoms with E-state index in [1.54, 1.807) is 0 Å². The summed E-state index contributed by atoms with van der Waals surface area (Å²) in [5, 5.41) is 10.4. The summed E-state index contributed by atoms with van der Waals surface area (Å²) in [6.07, 6.45) is 0. The van der Waals surface area contributed by atoms with E-state index in [1.807, 2.05) is 30.3 Å². The van der Waals surface area contributed by atoms with Gasteiger partial charge in [-0.2, -0.15) is 0 Å². The van der Waals surface area contributed by atoms with Crippen molar-refractivity contribution < 1.29 is 4.79 Å². The van der Waals surface area contributed by atoms with Gasteiger partial charge in [0.1, 0.15) is 0 Å². The van der Waals surface area contributed by atoms with Crippen LogP contribution in [-0.4, -0.2) is 5.91 Å². The Morgan fingerprint density at radius 3 is 2.87 bits per heavy atom. The van der Waals surface area contributed by atoms with Gasteiger partial charge in [0.15, 0.2) is 0 Å². The molecule has 0 bridgehead atoms. The maximum atomic E-state index is 11.6. The monoisotopic (exact) mass is 216 g/mol. The molecule has 1 aliphatic rings. The summed E-state index contributed by atoms with van der Waals surface area (Å²) >= 11 is 1.21. The number of hydrogen-bond acceptors (Lipinski definition) is 3. The van der Waals surface area contributed by atoms with E-state index in [0.717, 1.165) is 26.9 Å². The van der Waals surface area contributed by atoms with Crippen LogP contribution in [0.1, 0.15) is 10.4 Å². The van der Waals surface area contributed by atoms with E-state index in [0.29, 0.717) is 0 Å². The summed E-state index contributed by atoms with van der Waals surface area (Å²) in [5.74, 6) is -0.0326. The van der Waals surface area contributed by atoms with Gasteiger partial charge < -0.3 is 5.32 Å². The van der Waals surface area contributed by atoms with Gasteiger partial charge in [0, 0.05) is 21.5 Å². The van der Waals surface area contributed by atoms with Crippen molar-refractivity contribution in [2.45, 2.75) is 4.90 Å². The summed E-state index contributed by atoms with van der Waals surface area (Å²) in [5.41, 5.74) is 1.61. The van der Waals surface area contributed by atoms with Crippen LogP contribution in [0.5, 0.6) is 0 Å². The molecular formula is C11H8N2OS. The molecule has 0 spiro atoms. The zero-order valence-corrected chi connectivity index (χ0v) is 8.60. The third-order valence-electron chi connectivity index (χ3n) is 2.62. The molecular weight excluding hydrogens is 208 g/mol. The third-order valence-corrected chi connectivity index (χ3v) is 3.23. The van der Waals surface area contributed by atoms with Crippen molar-refractivity contribution in [2.75, 3.05) is 5.32 Å². The molecule has 0 saturated carbocycles. The maximum absolute atomic E-state index is 11.6. The van der Waals surface area contributed by atoms with Crippen LogP contribution >= 0.6 is 11.9 Å². The van der Waals surface area contributed by atoms with E-state index in [4.69, 9.17) is 5.14 Å². The van der Waals surface area contributed by atoms with Crippen molar-refractivity contribution in [1.29, 1.82) is 0 Å². The average Bonchev–Trinajstić information content (AvgIpc) is 2.59. The number of carbonyl (C=O) groups excluding carboxylic acids is 1. The highest BCUT2D eigenvalue weighted by Gasteiger charge is 2.21. The smallest absolute Gasteiger partial charge is 0.256 e. The van der Waals surface area contributed by atoms with Gasteiger partial charge in [-0.15, -0.1) is 0 Å². The first kappa shape index (κ1) is 8.76. The lowest BCUT2D eigenvalue weighted by molar-refractivity contribution is 0.103. The molecule has 2 aromatic rings. The molecule has 1 amide bonds. The Labute approximate surface area is 90.8 Å². The highest BCUT2D eigenvalue weighted by Crippen LogP contribution is 2.36. The SMILES string of the molecule is NSc1ccc2c3c(cccc13)C(=O)N2. The van der Waals surface area contributed by atoms with Crippen LogP contribution < -0.4 is 10.5 Å². The fraction of sp³-hybridized carbons (Fsp3) is 0. The van der Waals surface area contributed by atoms with Gasteiger partial charge in [-0.1, -0.05) is 12.1 Å². The molecule has 2 aromatic carbocycles. The summed E-state index contributed by atoms with van der Waals surface area (Å²) in [7, 11) is 0. The van der Waals surface area contributed by atoms with E-state index >= 15 is 0 Å². The number of carbonyl (C=O) groups is 1. The molecule has 0 saturated heterocycles. The fourth-order valence-corrected chi connectivity index (χ4v) is 2.41. The predicted octanol–water partition coefficient (Wildman–Crippen LogP) is 2.37. The molecule has 3 rings (SSSR count). The number of benzene rings is 2. The number of nitrogens with two attached hydrogens (primary N) is 1. The number of amides is 1. The van der Waals surface area contributed by atoms with Gasteiger partial charge >= 0.3 is 0 Å². The molecule has 0 unspecified atom stereocenters. The third kappa shape index (κ3) is 1.09. The summed E-state index contributed by atoms with van der Waals surface area (Å²) in [6.45, 7) is 0. The lowest BCUT2D eigenvalue weighted by Crippen LogP contribution is -2.03. The molecule has 0 fully saturated rings. The summed E-state index contributed by atoms with van der Waals surface area (Å²) in [6, 6.07) is 9.52. The van der Waals surface area contributed by atoms with Crippen molar-refractivity contribution in [3.63, 3.8) is 0 Å². The first-order valence-corrected chi connectivity index (χ1v) is 5.43. The van der Waals surface area contributed by atoms with E-state index in [-0.39, 0.29) is 5.91 Å². The van der Waals surface area contributed by atoms with Crippen molar-refractivity contribution in [1.82, 2.24) is 0 Å². The zero-order chi connectivity index (χ0) is 10.4. The molecule has 1 heterocycles. The van der Waals surface area contributed by atoms with Crippen LogP contribution in [0.15, 0.2) is 35.2 Å². The van der Waals surface area contributed by atoms with Crippen molar-refractivity contribution >= 4 is 34.3 Å². The van der Waals surface area contributed by atoms with Gasteiger partial charge in [-0.25, -0.2) is 0 Å². The number of hydrogen-bond donors (Lipinski definition) is 2. The van der Waals surface area contributed by atoms with Crippen LogP contribution in [0.4, 0.5) is 5.69 Å². The largest absolute Gasteiger partial charge is 0.321 e. The Balaban J connectivity index is 2.50. The van der Waals surface area contributed by atoms with Crippen LogP contribution in [-0.2, 0) is 0 Å². The minimum absolute atomic E-state index is 0.0326. The van der Waals surface area contributed by atoms with Crippen LogP contribution in [0.2, 0.25) is 0 Å². The Morgan fingerprint density at radius 1 is 1.20 bits per heavy atom. The van der Waals surface area contributed by atoms with Gasteiger partial charge in [0.25, 0.3) is 5.91 Å². The normalized spacial score (nSPS) is 13.3. The molecule has 15 heavy (non-hydrogen) atoms. The molecule has 4 heteroatoms. The molecule has 3 N–H and O–H groups in total. The number of nitrogens with one attached hydrogen (secondary N) is 1. The Morgan fingerprint density at radius 2 is 2.07 bits per heavy atom. The van der Waals surface area contributed by atoms with Crippen molar-refractivity contribution in [2.24, 2.45) is 5.14 Å². The van der Waals surface area contributed by atoms with Crippen molar-refractivity contribution in [3.05, 3.63) is 35.9 Å². The van der Waals surface area contributed by atoms with Gasteiger partial charge in [-0.05, 0) is 35.5 Å². The Bertz CT molecular complexity index is 580. The average molecular weight is 216 g/mol. The standard InChI is InChI=1S/C11H8N2OS/c12-15-9-5-4-8-10-6(9)2-1-3-7(10)11(14)13-8/h1-5H,12H2,(H,13,14). The lowest BCUT2D eigenvalue weighted by Gasteiger charge is -2.04. The lowest BCUT2D eigenvalue weighted by atomic mass is 10.1. The predicted molar refractivity (Wildman–Crippen MR) is 61.9 cm³/mol. The minimum Gasteiger partial charge on any atom is -0.321 e. The Kier molecular flexibility index (Phi) is 1.74. The van der Waals surface area contributed by atoms with Crippen LogP contribution in [0.3, 0.4) is 0 Å². The Hall–Kier alpha value is -1.52. The van der Waals surface area contributed by atoms with Crippen LogP contribution in [0, 0.1) is 0 Å². The van der Waals surface area contributed by atoms with E-state index in [1.165, 1.54) is 11.9 Å². The quantitative estimate of drug-likeness (QED) is 0.719. The van der Waals surface area contributed by atoms with Crippen molar-refractivity contribution in [3.8, 4) is 0 Å². The maximum Gasteiger partial charge on any atom is 0.256 e.